The highest BCUT2D eigenvalue weighted by atomic mass is 79.9. The zero-order chi connectivity index (χ0) is 14.5. The average molecular weight is 353 g/mol. The van der Waals surface area contributed by atoms with Gasteiger partial charge in [0.05, 0.1) is 5.75 Å². The number of nitrogens with one attached hydrogen (secondary N) is 1. The van der Waals surface area contributed by atoms with Gasteiger partial charge in [-0.05, 0) is 31.0 Å². The van der Waals surface area contributed by atoms with Crippen LogP contribution in [0, 0.1) is 5.82 Å². The first-order valence-electron chi connectivity index (χ1n) is 6.01. The zero-order valence-corrected chi connectivity index (χ0v) is 13.1. The molecule has 1 atom stereocenters. The van der Waals surface area contributed by atoms with E-state index in [2.05, 4.69) is 21.4 Å². The molecule has 0 radical (unpaired) electrons. The Balaban J connectivity index is 2.71. The molecule has 19 heavy (non-hydrogen) atoms. The van der Waals surface area contributed by atoms with Gasteiger partial charge in [0.15, 0.2) is 0 Å². The lowest BCUT2D eigenvalue weighted by atomic mass is 10.0. The van der Waals surface area contributed by atoms with Crippen molar-refractivity contribution in [1.29, 1.82) is 0 Å². The molecule has 3 N–H and O–H groups in total. The lowest BCUT2D eigenvalue weighted by molar-refractivity contribution is 0.479. The van der Waals surface area contributed by atoms with Gasteiger partial charge in [-0.1, -0.05) is 22.9 Å². The summed E-state index contributed by atoms with van der Waals surface area (Å²) in [6, 6.07) is 4.21. The van der Waals surface area contributed by atoms with Crippen molar-refractivity contribution in [3.63, 3.8) is 0 Å². The number of rotatable bonds is 7. The molecule has 0 saturated heterocycles. The molecule has 108 valence electrons. The van der Waals surface area contributed by atoms with Crippen LogP contribution in [0.15, 0.2) is 22.7 Å². The molecular weight excluding hydrogens is 335 g/mol. The van der Waals surface area contributed by atoms with Crippen LogP contribution in [-0.4, -0.2) is 19.9 Å². The van der Waals surface area contributed by atoms with Crippen LogP contribution in [-0.2, 0) is 9.84 Å². The van der Waals surface area contributed by atoms with Crippen LogP contribution in [0.25, 0.3) is 0 Å². The van der Waals surface area contributed by atoms with Crippen LogP contribution in [0.1, 0.15) is 31.4 Å². The molecule has 0 fully saturated rings. The number of hydrogen-bond acceptors (Lipinski definition) is 4. The minimum Gasteiger partial charge on any atom is -0.271 e. The number of hydrogen-bond donors (Lipinski definition) is 2. The molecule has 0 saturated carbocycles. The molecule has 0 aromatic heterocycles. The van der Waals surface area contributed by atoms with Gasteiger partial charge in [-0.15, -0.1) is 0 Å². The molecule has 0 amide bonds. The molecule has 0 heterocycles. The number of benzene rings is 1. The number of nitrogens with two attached hydrogens (primary N) is 1. The van der Waals surface area contributed by atoms with Crippen molar-refractivity contribution in [3.8, 4) is 0 Å². The Bertz CT molecular complexity index is 522. The second kappa shape index (κ2) is 7.33. The van der Waals surface area contributed by atoms with Crippen molar-refractivity contribution in [2.24, 2.45) is 5.84 Å². The Morgan fingerprint density at radius 1 is 1.47 bits per heavy atom. The minimum atomic E-state index is -3.00. The first-order valence-corrected chi connectivity index (χ1v) is 8.62. The summed E-state index contributed by atoms with van der Waals surface area (Å²) in [7, 11) is -3.00. The fourth-order valence-corrected chi connectivity index (χ4v) is 3.04. The second-order valence-corrected chi connectivity index (χ2v) is 7.65. The summed E-state index contributed by atoms with van der Waals surface area (Å²) in [5.41, 5.74) is 2.97. The standard InChI is InChI=1S/C12H18BrFN2O2S/c1-2-19(17,18)7-3-4-12(16-15)10-8-9(13)5-6-11(10)14/h5-6,8,12,16H,2-4,7,15H2,1H3. The van der Waals surface area contributed by atoms with Gasteiger partial charge >= 0.3 is 0 Å². The fraction of sp³-hybridized carbons (Fsp3) is 0.500. The molecule has 0 bridgehead atoms. The smallest absolute Gasteiger partial charge is 0.150 e. The molecule has 0 aliphatic rings. The summed E-state index contributed by atoms with van der Waals surface area (Å²) < 4.78 is 37.2. The lowest BCUT2D eigenvalue weighted by Gasteiger charge is -2.17. The molecule has 1 rings (SSSR count). The van der Waals surface area contributed by atoms with E-state index < -0.39 is 15.9 Å². The molecular formula is C12H18BrFN2O2S. The maximum absolute atomic E-state index is 13.7. The lowest BCUT2D eigenvalue weighted by Crippen LogP contribution is -2.29. The van der Waals surface area contributed by atoms with E-state index >= 15 is 0 Å². The molecule has 0 spiro atoms. The fourth-order valence-electron chi connectivity index (χ4n) is 1.76. The summed E-state index contributed by atoms with van der Waals surface area (Å²) in [6.45, 7) is 1.61. The van der Waals surface area contributed by atoms with Crippen molar-refractivity contribution < 1.29 is 12.8 Å². The largest absolute Gasteiger partial charge is 0.271 e. The van der Waals surface area contributed by atoms with Gasteiger partial charge < -0.3 is 0 Å². The van der Waals surface area contributed by atoms with Crippen molar-refractivity contribution in [1.82, 2.24) is 5.43 Å². The Kier molecular flexibility index (Phi) is 6.38. The topological polar surface area (TPSA) is 72.2 Å². The van der Waals surface area contributed by atoms with E-state index in [-0.39, 0.29) is 17.3 Å². The average Bonchev–Trinajstić information content (AvgIpc) is 2.38. The molecule has 1 aromatic rings. The third kappa shape index (κ3) is 5.18. The highest BCUT2D eigenvalue weighted by Gasteiger charge is 2.16. The highest BCUT2D eigenvalue weighted by molar-refractivity contribution is 9.10. The van der Waals surface area contributed by atoms with E-state index in [9.17, 15) is 12.8 Å². The van der Waals surface area contributed by atoms with Gasteiger partial charge in [0.2, 0.25) is 0 Å². The molecule has 0 aliphatic carbocycles. The normalized spacial score (nSPS) is 13.5. The van der Waals surface area contributed by atoms with Gasteiger partial charge in [-0.2, -0.15) is 0 Å². The Morgan fingerprint density at radius 2 is 2.16 bits per heavy atom. The number of sulfone groups is 1. The minimum absolute atomic E-state index is 0.0945. The van der Waals surface area contributed by atoms with E-state index in [1.165, 1.54) is 6.07 Å². The quantitative estimate of drug-likeness (QED) is 0.583. The number of halogens is 2. The van der Waals surface area contributed by atoms with Crippen molar-refractivity contribution in [2.75, 3.05) is 11.5 Å². The van der Waals surface area contributed by atoms with E-state index in [1.807, 2.05) is 0 Å². The highest BCUT2D eigenvalue weighted by Crippen LogP contribution is 2.24. The van der Waals surface area contributed by atoms with Crippen LogP contribution >= 0.6 is 15.9 Å². The van der Waals surface area contributed by atoms with Crippen molar-refractivity contribution >= 4 is 25.8 Å². The van der Waals surface area contributed by atoms with E-state index in [1.54, 1.807) is 19.1 Å². The van der Waals surface area contributed by atoms with E-state index in [0.29, 0.717) is 18.4 Å². The van der Waals surface area contributed by atoms with Crippen LogP contribution in [0.3, 0.4) is 0 Å². The van der Waals surface area contributed by atoms with E-state index in [4.69, 9.17) is 5.84 Å². The first-order chi connectivity index (χ1) is 8.89. The van der Waals surface area contributed by atoms with Crippen LogP contribution in [0.5, 0.6) is 0 Å². The summed E-state index contributed by atoms with van der Waals surface area (Å²) in [5, 5.41) is 0. The zero-order valence-electron chi connectivity index (χ0n) is 10.7. The van der Waals surface area contributed by atoms with Crippen molar-refractivity contribution in [3.05, 3.63) is 34.1 Å². The SMILES string of the molecule is CCS(=O)(=O)CCCC(NN)c1cc(Br)ccc1F. The summed E-state index contributed by atoms with van der Waals surface area (Å²) in [5.74, 6) is 5.29. The Labute approximate surface area is 121 Å². The van der Waals surface area contributed by atoms with Gasteiger partial charge in [-0.25, -0.2) is 12.8 Å². The predicted octanol–water partition coefficient (Wildman–Crippen LogP) is 2.31. The van der Waals surface area contributed by atoms with Crippen LogP contribution in [0.2, 0.25) is 0 Å². The van der Waals surface area contributed by atoms with Gasteiger partial charge in [0.25, 0.3) is 0 Å². The maximum atomic E-state index is 13.7. The maximum Gasteiger partial charge on any atom is 0.150 e. The summed E-state index contributed by atoms with van der Waals surface area (Å²) >= 11 is 3.27. The van der Waals surface area contributed by atoms with Crippen LogP contribution < -0.4 is 11.3 Å². The first kappa shape index (κ1) is 16.6. The van der Waals surface area contributed by atoms with Crippen LogP contribution in [0.4, 0.5) is 4.39 Å². The molecule has 1 unspecified atom stereocenters. The molecule has 0 aliphatic heterocycles. The second-order valence-electron chi connectivity index (χ2n) is 4.26. The third-order valence-corrected chi connectivity index (χ3v) is 5.21. The summed E-state index contributed by atoms with van der Waals surface area (Å²) in [6.07, 6.45) is 0.903. The Morgan fingerprint density at radius 3 is 2.74 bits per heavy atom. The Hall–Kier alpha value is -0.500. The van der Waals surface area contributed by atoms with Crippen molar-refractivity contribution in [2.45, 2.75) is 25.8 Å². The van der Waals surface area contributed by atoms with Gasteiger partial charge in [-0.3, -0.25) is 11.3 Å². The number of hydrazine groups is 1. The monoisotopic (exact) mass is 352 g/mol. The molecule has 7 heteroatoms. The van der Waals surface area contributed by atoms with Gasteiger partial charge in [0.1, 0.15) is 15.7 Å². The molecule has 1 aromatic carbocycles. The predicted molar refractivity (Wildman–Crippen MR) is 77.7 cm³/mol. The summed E-state index contributed by atoms with van der Waals surface area (Å²) in [4.78, 5) is 0. The van der Waals surface area contributed by atoms with Gasteiger partial charge in [0, 0.05) is 21.8 Å². The van der Waals surface area contributed by atoms with E-state index in [0.717, 1.165) is 4.47 Å². The molecule has 4 nitrogen and oxygen atoms in total. The third-order valence-electron chi connectivity index (χ3n) is 2.92.